The summed E-state index contributed by atoms with van der Waals surface area (Å²) in [5.74, 6) is 0.310. The molecule has 2 N–H and O–H groups in total. The Morgan fingerprint density at radius 3 is 2.37 bits per heavy atom. The molecule has 0 unspecified atom stereocenters. The molecule has 19 heavy (non-hydrogen) atoms. The predicted molar refractivity (Wildman–Crippen MR) is 71.3 cm³/mol. The van der Waals surface area contributed by atoms with E-state index in [9.17, 15) is 8.42 Å². The van der Waals surface area contributed by atoms with Crippen molar-refractivity contribution >= 4 is 33.4 Å². The van der Waals surface area contributed by atoms with Crippen LogP contribution in [0.1, 0.15) is 5.69 Å². The van der Waals surface area contributed by atoms with Gasteiger partial charge < -0.3 is 5.32 Å². The highest BCUT2D eigenvalue weighted by Crippen LogP contribution is 2.18. The second kappa shape index (κ2) is 5.12. The zero-order valence-electron chi connectivity index (χ0n) is 9.83. The number of nitrogens with zero attached hydrogens (tertiary/aromatic N) is 2. The second-order valence-corrected chi connectivity index (χ2v) is 5.59. The predicted octanol–water partition coefficient (Wildman–Crippen LogP) is 2.43. The Kier molecular flexibility index (Phi) is 3.70. The van der Waals surface area contributed by atoms with Gasteiger partial charge in [0, 0.05) is 11.4 Å². The Morgan fingerprint density at radius 1 is 1.21 bits per heavy atom. The molecule has 0 fully saturated rings. The second-order valence-electron chi connectivity index (χ2n) is 3.78. The molecule has 0 aliphatic heterocycles. The largest absolute Gasteiger partial charge is 0.324 e. The van der Waals surface area contributed by atoms with E-state index in [0.29, 0.717) is 22.5 Å². The lowest BCUT2D eigenvalue weighted by molar-refractivity contribution is 0.483. The standard InChI is InChI=1S/C11H10ClN3O3S/c1-7-6-10(12)15-11(13-7)14-8-2-4-9(5-3-8)19(16,17)18/h2-6H,1H3,(H,13,14,15)(H,16,17,18). The fraction of sp³-hybridized carbons (Fsp3) is 0.0909. The molecule has 0 radical (unpaired) electrons. The number of hydrogen-bond acceptors (Lipinski definition) is 5. The van der Waals surface area contributed by atoms with Crippen molar-refractivity contribution in [2.24, 2.45) is 0 Å². The molecule has 1 aromatic heterocycles. The first kappa shape index (κ1) is 13.7. The molecule has 0 aliphatic rings. The Hall–Kier alpha value is -1.70. The van der Waals surface area contributed by atoms with Gasteiger partial charge in [-0.2, -0.15) is 8.42 Å². The fourth-order valence-electron chi connectivity index (χ4n) is 1.43. The van der Waals surface area contributed by atoms with Crippen molar-refractivity contribution in [3.05, 3.63) is 41.2 Å². The number of rotatable bonds is 3. The molecule has 1 heterocycles. The van der Waals surface area contributed by atoms with Gasteiger partial charge in [0.05, 0.1) is 4.90 Å². The van der Waals surface area contributed by atoms with Crippen molar-refractivity contribution in [2.75, 3.05) is 5.32 Å². The van der Waals surface area contributed by atoms with E-state index in [-0.39, 0.29) is 4.90 Å². The first-order chi connectivity index (χ1) is 8.84. The average Bonchev–Trinajstić information content (AvgIpc) is 2.26. The molecule has 0 aliphatic carbocycles. The van der Waals surface area contributed by atoms with Crippen LogP contribution in [0.5, 0.6) is 0 Å². The Labute approximate surface area is 115 Å². The summed E-state index contributed by atoms with van der Waals surface area (Å²) in [4.78, 5) is 7.92. The van der Waals surface area contributed by atoms with Crippen LogP contribution in [-0.4, -0.2) is 22.9 Å². The molecular formula is C11H10ClN3O3S. The van der Waals surface area contributed by atoms with Crippen LogP contribution in [0.25, 0.3) is 0 Å². The molecule has 6 nitrogen and oxygen atoms in total. The summed E-state index contributed by atoms with van der Waals surface area (Å²) >= 11 is 5.80. The number of hydrogen-bond donors (Lipinski definition) is 2. The van der Waals surface area contributed by atoms with Crippen molar-refractivity contribution in [3.63, 3.8) is 0 Å². The van der Waals surface area contributed by atoms with E-state index < -0.39 is 10.1 Å². The highest BCUT2D eigenvalue weighted by molar-refractivity contribution is 7.85. The van der Waals surface area contributed by atoms with Gasteiger partial charge in [-0.3, -0.25) is 4.55 Å². The molecule has 100 valence electrons. The van der Waals surface area contributed by atoms with Crippen molar-refractivity contribution in [1.29, 1.82) is 0 Å². The summed E-state index contributed by atoms with van der Waals surface area (Å²) < 4.78 is 30.6. The normalized spacial score (nSPS) is 11.3. The summed E-state index contributed by atoms with van der Waals surface area (Å²) in [6.07, 6.45) is 0. The number of nitrogens with one attached hydrogen (secondary N) is 1. The zero-order valence-corrected chi connectivity index (χ0v) is 11.4. The van der Waals surface area contributed by atoms with E-state index in [0.717, 1.165) is 0 Å². The van der Waals surface area contributed by atoms with Crippen LogP contribution in [0.3, 0.4) is 0 Å². The first-order valence-corrected chi connectivity index (χ1v) is 7.02. The topological polar surface area (TPSA) is 92.2 Å². The Morgan fingerprint density at radius 2 is 1.84 bits per heavy atom. The third kappa shape index (κ3) is 3.63. The summed E-state index contributed by atoms with van der Waals surface area (Å²) in [6.45, 7) is 1.78. The summed E-state index contributed by atoms with van der Waals surface area (Å²) in [5.41, 5.74) is 1.28. The molecule has 0 atom stereocenters. The molecule has 0 saturated carbocycles. The number of halogens is 1. The van der Waals surface area contributed by atoms with E-state index in [2.05, 4.69) is 15.3 Å². The smallest absolute Gasteiger partial charge is 0.294 e. The third-order valence-corrected chi connectivity index (χ3v) is 3.29. The van der Waals surface area contributed by atoms with Crippen LogP contribution in [0.2, 0.25) is 5.15 Å². The number of aromatic nitrogens is 2. The van der Waals surface area contributed by atoms with Crippen LogP contribution in [0.4, 0.5) is 11.6 Å². The SMILES string of the molecule is Cc1cc(Cl)nc(Nc2ccc(S(=O)(=O)O)cc2)n1. The molecule has 2 rings (SSSR count). The molecule has 0 spiro atoms. The van der Waals surface area contributed by atoms with Crippen molar-refractivity contribution in [1.82, 2.24) is 9.97 Å². The van der Waals surface area contributed by atoms with E-state index in [1.807, 2.05) is 0 Å². The van der Waals surface area contributed by atoms with Crippen molar-refractivity contribution in [3.8, 4) is 0 Å². The highest BCUT2D eigenvalue weighted by Gasteiger charge is 2.09. The van der Waals surface area contributed by atoms with Gasteiger partial charge in [0.15, 0.2) is 0 Å². The first-order valence-electron chi connectivity index (χ1n) is 5.20. The van der Waals surface area contributed by atoms with Crippen molar-refractivity contribution < 1.29 is 13.0 Å². The van der Waals surface area contributed by atoms with E-state index in [4.69, 9.17) is 16.2 Å². The number of anilines is 2. The lowest BCUT2D eigenvalue weighted by Crippen LogP contribution is -2.00. The number of benzene rings is 1. The molecule has 2 aromatic rings. The van der Waals surface area contributed by atoms with Crippen LogP contribution >= 0.6 is 11.6 Å². The van der Waals surface area contributed by atoms with Crippen LogP contribution in [-0.2, 0) is 10.1 Å². The van der Waals surface area contributed by atoms with Crippen LogP contribution in [0.15, 0.2) is 35.2 Å². The van der Waals surface area contributed by atoms with Crippen molar-refractivity contribution in [2.45, 2.75) is 11.8 Å². The lowest BCUT2D eigenvalue weighted by atomic mass is 10.3. The molecular weight excluding hydrogens is 290 g/mol. The molecule has 1 aromatic carbocycles. The van der Waals surface area contributed by atoms with Crippen LogP contribution in [0, 0.1) is 6.92 Å². The van der Waals surface area contributed by atoms with E-state index in [1.54, 1.807) is 13.0 Å². The maximum atomic E-state index is 10.9. The van der Waals surface area contributed by atoms with Gasteiger partial charge in [0.25, 0.3) is 10.1 Å². The monoisotopic (exact) mass is 299 g/mol. The lowest BCUT2D eigenvalue weighted by Gasteiger charge is -2.06. The molecule has 8 heteroatoms. The summed E-state index contributed by atoms with van der Waals surface area (Å²) in [6, 6.07) is 7.14. The zero-order chi connectivity index (χ0) is 14.0. The van der Waals surface area contributed by atoms with E-state index >= 15 is 0 Å². The fourth-order valence-corrected chi connectivity index (χ4v) is 2.14. The van der Waals surface area contributed by atoms with Gasteiger partial charge >= 0.3 is 0 Å². The van der Waals surface area contributed by atoms with Gasteiger partial charge in [-0.15, -0.1) is 0 Å². The van der Waals surface area contributed by atoms with Crippen LogP contribution < -0.4 is 5.32 Å². The average molecular weight is 300 g/mol. The quantitative estimate of drug-likeness (QED) is 0.668. The minimum Gasteiger partial charge on any atom is -0.324 e. The molecule has 0 amide bonds. The molecule has 0 bridgehead atoms. The minimum absolute atomic E-state index is 0.179. The third-order valence-electron chi connectivity index (χ3n) is 2.23. The number of aryl methyl sites for hydroxylation is 1. The van der Waals surface area contributed by atoms with Gasteiger partial charge in [0.2, 0.25) is 5.95 Å². The molecule has 0 saturated heterocycles. The Balaban J connectivity index is 2.24. The van der Waals surface area contributed by atoms with E-state index in [1.165, 1.54) is 24.3 Å². The Bertz CT molecular complexity index is 681. The van der Waals surface area contributed by atoms with Gasteiger partial charge in [-0.1, -0.05) is 11.6 Å². The maximum absolute atomic E-state index is 10.9. The van der Waals surface area contributed by atoms with Gasteiger partial charge in [0.1, 0.15) is 5.15 Å². The minimum atomic E-state index is -4.19. The summed E-state index contributed by atoms with van der Waals surface area (Å²) in [5, 5.41) is 3.19. The van der Waals surface area contributed by atoms with Gasteiger partial charge in [-0.05, 0) is 37.3 Å². The van der Waals surface area contributed by atoms with Gasteiger partial charge in [-0.25, -0.2) is 9.97 Å². The summed E-state index contributed by atoms with van der Waals surface area (Å²) in [7, 11) is -4.19. The highest BCUT2D eigenvalue weighted by atomic mass is 35.5. The maximum Gasteiger partial charge on any atom is 0.294 e.